The topological polar surface area (TPSA) is 46.6 Å². The molecule has 0 unspecified atom stereocenters. The van der Waals surface area contributed by atoms with Crippen LogP contribution in [0.4, 0.5) is 13.2 Å². The van der Waals surface area contributed by atoms with E-state index in [2.05, 4.69) is 6.26 Å². The lowest BCUT2D eigenvalue weighted by atomic mass is 10.1. The average molecular weight is 322 g/mol. The molecule has 2 rings (SSSR count). The van der Waals surface area contributed by atoms with Crippen molar-refractivity contribution in [3.8, 4) is 5.75 Å². The normalized spacial score (nSPS) is 18.7. The molecule has 0 aliphatic carbocycles. The van der Waals surface area contributed by atoms with Crippen LogP contribution in [0, 0.1) is 6.26 Å². The molecule has 0 bridgehead atoms. The van der Waals surface area contributed by atoms with Crippen LogP contribution in [0.25, 0.3) is 0 Å². The van der Waals surface area contributed by atoms with E-state index in [0.29, 0.717) is 31.7 Å². The summed E-state index contributed by atoms with van der Waals surface area (Å²) in [5.74, 6) is 0.346. The van der Waals surface area contributed by atoms with Crippen LogP contribution in [0.5, 0.6) is 5.75 Å². The Labute approximate surface area is 121 Å². The maximum Gasteiger partial charge on any atom is 0.416 e. The minimum absolute atomic E-state index is 0.209. The van der Waals surface area contributed by atoms with Crippen LogP contribution in [0.1, 0.15) is 18.4 Å². The number of halogens is 3. The minimum atomic E-state index is -4.37. The zero-order valence-electron chi connectivity index (χ0n) is 11.1. The fourth-order valence-corrected chi connectivity index (χ4v) is 2.91. The van der Waals surface area contributed by atoms with Crippen LogP contribution < -0.4 is 4.74 Å². The zero-order chi connectivity index (χ0) is 15.7. The summed E-state index contributed by atoms with van der Waals surface area (Å²) in [6.45, 7) is 0.605. The molecule has 0 spiro atoms. The van der Waals surface area contributed by atoms with Gasteiger partial charge in [0.15, 0.2) is 0 Å². The van der Waals surface area contributed by atoms with E-state index in [1.54, 1.807) is 0 Å². The maximum atomic E-state index is 12.4. The van der Waals surface area contributed by atoms with Crippen molar-refractivity contribution in [3.05, 3.63) is 36.1 Å². The van der Waals surface area contributed by atoms with Crippen molar-refractivity contribution < 1.29 is 26.3 Å². The quantitative estimate of drug-likeness (QED) is 0.859. The van der Waals surface area contributed by atoms with Crippen LogP contribution in [0.2, 0.25) is 0 Å². The average Bonchev–Trinajstić information content (AvgIpc) is 2.38. The highest BCUT2D eigenvalue weighted by Gasteiger charge is 2.30. The number of rotatable bonds is 3. The molecule has 0 N–H and O–H groups in total. The Hall–Kier alpha value is -1.28. The molecule has 0 amide bonds. The summed E-state index contributed by atoms with van der Waals surface area (Å²) in [7, 11) is -3.44. The molecule has 0 aromatic heterocycles. The van der Waals surface area contributed by atoms with Gasteiger partial charge in [0.25, 0.3) is 0 Å². The third kappa shape index (κ3) is 4.34. The molecule has 1 aromatic carbocycles. The van der Waals surface area contributed by atoms with Crippen molar-refractivity contribution in [1.82, 2.24) is 4.31 Å². The van der Waals surface area contributed by atoms with Crippen molar-refractivity contribution in [2.24, 2.45) is 0 Å². The highest BCUT2D eigenvalue weighted by Crippen LogP contribution is 2.30. The minimum Gasteiger partial charge on any atom is -0.490 e. The van der Waals surface area contributed by atoms with E-state index >= 15 is 0 Å². The summed E-state index contributed by atoms with van der Waals surface area (Å²) in [5, 5.41) is 0. The fourth-order valence-electron chi connectivity index (χ4n) is 2.14. The molecule has 117 valence electrons. The predicted molar refractivity (Wildman–Crippen MR) is 70.9 cm³/mol. The van der Waals surface area contributed by atoms with Gasteiger partial charge in [-0.2, -0.15) is 13.2 Å². The number of benzene rings is 1. The molecule has 1 aliphatic heterocycles. The van der Waals surface area contributed by atoms with E-state index in [4.69, 9.17) is 4.74 Å². The van der Waals surface area contributed by atoms with Crippen molar-refractivity contribution in [2.75, 3.05) is 13.1 Å². The summed E-state index contributed by atoms with van der Waals surface area (Å²) < 4.78 is 66.6. The second kappa shape index (κ2) is 5.84. The third-order valence-corrected chi connectivity index (χ3v) is 4.43. The van der Waals surface area contributed by atoms with E-state index in [1.165, 1.54) is 16.4 Å². The largest absolute Gasteiger partial charge is 0.490 e. The van der Waals surface area contributed by atoms with Gasteiger partial charge >= 0.3 is 6.18 Å². The Bertz CT molecular complexity index is 576. The van der Waals surface area contributed by atoms with Gasteiger partial charge in [0.05, 0.1) is 11.8 Å². The third-order valence-electron chi connectivity index (χ3n) is 3.28. The Morgan fingerprint density at radius 2 is 1.67 bits per heavy atom. The highest BCUT2D eigenvalue weighted by atomic mass is 32.2. The highest BCUT2D eigenvalue weighted by molar-refractivity contribution is 7.90. The first-order chi connectivity index (χ1) is 9.66. The summed E-state index contributed by atoms with van der Waals surface area (Å²) in [5.41, 5.74) is -0.729. The zero-order valence-corrected chi connectivity index (χ0v) is 12.0. The lowest BCUT2D eigenvalue weighted by molar-refractivity contribution is -0.137. The van der Waals surface area contributed by atoms with Gasteiger partial charge in [0, 0.05) is 13.1 Å². The first-order valence-corrected chi connectivity index (χ1v) is 7.94. The molecule has 1 aromatic rings. The SMILES string of the molecule is [CH2]S(=O)(=O)N1CCC(Oc2ccc(C(F)(F)F)cc2)CC1. The molecule has 21 heavy (non-hydrogen) atoms. The molecule has 0 atom stereocenters. The Morgan fingerprint density at radius 3 is 2.10 bits per heavy atom. The predicted octanol–water partition coefficient (Wildman–Crippen LogP) is 2.67. The van der Waals surface area contributed by atoms with Crippen LogP contribution >= 0.6 is 0 Å². The van der Waals surface area contributed by atoms with Crippen LogP contribution in [-0.2, 0) is 16.2 Å². The summed E-state index contributed by atoms with van der Waals surface area (Å²) in [4.78, 5) is 0. The van der Waals surface area contributed by atoms with E-state index in [0.717, 1.165) is 12.1 Å². The molecule has 1 saturated heterocycles. The number of alkyl halides is 3. The fraction of sp³-hybridized carbons (Fsp3) is 0.462. The van der Waals surface area contributed by atoms with Gasteiger partial charge in [0.2, 0.25) is 10.0 Å². The number of hydrogen-bond donors (Lipinski definition) is 0. The smallest absolute Gasteiger partial charge is 0.416 e. The van der Waals surface area contributed by atoms with Gasteiger partial charge in [-0.25, -0.2) is 12.7 Å². The number of ether oxygens (including phenoxy) is 1. The van der Waals surface area contributed by atoms with Crippen LogP contribution in [0.3, 0.4) is 0 Å². The summed E-state index contributed by atoms with van der Waals surface area (Å²) in [6.07, 6.45) is -0.527. The van der Waals surface area contributed by atoms with Gasteiger partial charge in [-0.15, -0.1) is 0 Å². The first-order valence-electron chi connectivity index (χ1n) is 6.33. The monoisotopic (exact) mass is 322 g/mol. The summed E-state index contributed by atoms with van der Waals surface area (Å²) in [6, 6.07) is 4.47. The summed E-state index contributed by atoms with van der Waals surface area (Å²) >= 11 is 0. The van der Waals surface area contributed by atoms with Crippen molar-refractivity contribution in [3.63, 3.8) is 0 Å². The van der Waals surface area contributed by atoms with E-state index < -0.39 is 21.8 Å². The van der Waals surface area contributed by atoms with Gasteiger partial charge in [-0.05, 0) is 37.1 Å². The molecule has 4 nitrogen and oxygen atoms in total. The second-order valence-electron chi connectivity index (χ2n) is 4.85. The molecule has 8 heteroatoms. The lowest BCUT2D eigenvalue weighted by Crippen LogP contribution is -2.40. The maximum absolute atomic E-state index is 12.4. The standard InChI is InChI=1S/C13H15F3NO3S/c1-21(18,19)17-8-6-12(7-9-17)20-11-4-2-10(3-5-11)13(14,15)16/h2-5,12H,1,6-9H2. The molecular formula is C13H15F3NO3S. The Morgan fingerprint density at radius 1 is 1.14 bits per heavy atom. The van der Waals surface area contributed by atoms with Gasteiger partial charge < -0.3 is 4.74 Å². The van der Waals surface area contributed by atoms with E-state index in [9.17, 15) is 21.6 Å². The van der Waals surface area contributed by atoms with Crippen molar-refractivity contribution in [1.29, 1.82) is 0 Å². The van der Waals surface area contributed by atoms with Gasteiger partial charge in [-0.3, -0.25) is 0 Å². The number of sulfonamides is 1. The van der Waals surface area contributed by atoms with Crippen molar-refractivity contribution in [2.45, 2.75) is 25.1 Å². The number of hydrogen-bond acceptors (Lipinski definition) is 3. The van der Waals surface area contributed by atoms with Gasteiger partial charge in [0.1, 0.15) is 11.9 Å². The molecule has 1 aliphatic rings. The molecular weight excluding hydrogens is 307 g/mol. The number of nitrogens with zero attached hydrogens (tertiary/aromatic N) is 1. The second-order valence-corrected chi connectivity index (χ2v) is 6.53. The first kappa shape index (κ1) is 16.1. The Balaban J connectivity index is 1.92. The molecule has 1 fully saturated rings. The Kier molecular flexibility index (Phi) is 4.48. The van der Waals surface area contributed by atoms with Crippen LogP contribution in [-0.4, -0.2) is 31.9 Å². The lowest BCUT2D eigenvalue weighted by Gasteiger charge is -2.30. The number of piperidine rings is 1. The van der Waals surface area contributed by atoms with E-state index in [-0.39, 0.29) is 6.10 Å². The van der Waals surface area contributed by atoms with Gasteiger partial charge in [-0.1, -0.05) is 0 Å². The van der Waals surface area contributed by atoms with Crippen molar-refractivity contribution >= 4 is 10.0 Å². The molecule has 1 heterocycles. The van der Waals surface area contributed by atoms with Crippen LogP contribution in [0.15, 0.2) is 24.3 Å². The van der Waals surface area contributed by atoms with E-state index in [1.807, 2.05) is 0 Å². The molecule has 0 saturated carbocycles. The molecule has 1 radical (unpaired) electrons.